The molecule has 0 saturated carbocycles. The van der Waals surface area contributed by atoms with Crippen LogP contribution in [0.4, 0.5) is 13.2 Å². The maximum absolute atomic E-state index is 13.1. The van der Waals surface area contributed by atoms with Gasteiger partial charge in [0.25, 0.3) is 0 Å². The fourth-order valence-electron chi connectivity index (χ4n) is 4.02. The molecule has 1 fully saturated rings. The molecule has 0 atom stereocenters. The van der Waals surface area contributed by atoms with Gasteiger partial charge in [-0.25, -0.2) is 12.7 Å². The van der Waals surface area contributed by atoms with Crippen LogP contribution in [0.2, 0.25) is 0 Å². The highest BCUT2D eigenvalue weighted by atomic mass is 32.2. The van der Waals surface area contributed by atoms with Crippen LogP contribution < -0.4 is 0 Å². The van der Waals surface area contributed by atoms with Crippen LogP contribution in [-0.4, -0.2) is 55.0 Å². The number of halogens is 3. The summed E-state index contributed by atoms with van der Waals surface area (Å²) < 4.78 is 70.4. The molecule has 1 aliphatic heterocycles. The molecule has 1 aromatic heterocycles. The van der Waals surface area contributed by atoms with E-state index in [0.29, 0.717) is 24.2 Å². The number of sulfonamides is 1. The summed E-state index contributed by atoms with van der Waals surface area (Å²) in [6.45, 7) is 3.21. The summed E-state index contributed by atoms with van der Waals surface area (Å²) in [5.74, 6) is -1.53. The summed E-state index contributed by atoms with van der Waals surface area (Å²) in [4.78, 5) is 25.0. The molecule has 11 heteroatoms. The Kier molecular flexibility index (Phi) is 7.04. The number of nitrogens with zero attached hydrogens (tertiary/aromatic N) is 2. The standard InChI is InChI=1S/C22H25F3N2O5S/c1-14-11-19(15(2)27(14)18-6-4-5-17(12-18)22(23,24)25)20(28)13-32-21(29)16-7-9-26(10-8-16)33(3,30)31/h4-6,11-12,16H,7-10,13H2,1-3H3. The second-order valence-electron chi connectivity index (χ2n) is 8.14. The molecule has 0 N–H and O–H groups in total. The minimum Gasteiger partial charge on any atom is -0.457 e. The zero-order valence-electron chi connectivity index (χ0n) is 18.5. The number of piperidine rings is 1. The van der Waals surface area contributed by atoms with Gasteiger partial charge in [-0.2, -0.15) is 13.2 Å². The number of carbonyl (C=O) groups excluding carboxylic acids is 2. The summed E-state index contributed by atoms with van der Waals surface area (Å²) in [5.41, 5.74) is 0.735. The number of benzene rings is 1. The maximum atomic E-state index is 13.1. The van der Waals surface area contributed by atoms with Crippen molar-refractivity contribution in [3.05, 3.63) is 52.8 Å². The summed E-state index contributed by atoms with van der Waals surface area (Å²) in [7, 11) is -3.31. The molecule has 7 nitrogen and oxygen atoms in total. The molecule has 0 spiro atoms. The normalized spacial score (nSPS) is 16.1. The van der Waals surface area contributed by atoms with E-state index in [0.717, 1.165) is 18.4 Å². The van der Waals surface area contributed by atoms with Crippen molar-refractivity contribution in [3.8, 4) is 5.69 Å². The number of esters is 1. The van der Waals surface area contributed by atoms with Crippen molar-refractivity contribution in [2.45, 2.75) is 32.9 Å². The number of hydrogen-bond donors (Lipinski definition) is 0. The quantitative estimate of drug-likeness (QED) is 0.461. The van der Waals surface area contributed by atoms with Crippen LogP contribution in [0.25, 0.3) is 5.69 Å². The molecule has 0 amide bonds. The van der Waals surface area contributed by atoms with Crippen molar-refractivity contribution in [2.75, 3.05) is 26.0 Å². The largest absolute Gasteiger partial charge is 0.457 e. The van der Waals surface area contributed by atoms with E-state index in [2.05, 4.69) is 0 Å². The Balaban J connectivity index is 1.68. The van der Waals surface area contributed by atoms with Gasteiger partial charge >= 0.3 is 12.1 Å². The lowest BCUT2D eigenvalue weighted by Crippen LogP contribution is -2.40. The lowest BCUT2D eigenvalue weighted by Gasteiger charge is -2.28. The van der Waals surface area contributed by atoms with Gasteiger partial charge in [0.1, 0.15) is 0 Å². The number of alkyl halides is 3. The van der Waals surface area contributed by atoms with Gasteiger partial charge < -0.3 is 9.30 Å². The second kappa shape index (κ2) is 9.30. The van der Waals surface area contributed by atoms with Crippen LogP contribution >= 0.6 is 0 Å². The van der Waals surface area contributed by atoms with E-state index in [-0.39, 0.29) is 24.3 Å². The molecule has 33 heavy (non-hydrogen) atoms. The molecule has 2 aromatic rings. The topological polar surface area (TPSA) is 85.7 Å². The van der Waals surface area contributed by atoms with Crippen molar-refractivity contribution < 1.29 is 35.9 Å². The minimum absolute atomic E-state index is 0.213. The van der Waals surface area contributed by atoms with Gasteiger partial charge in [0, 0.05) is 35.7 Å². The Bertz CT molecular complexity index is 1160. The fourth-order valence-corrected chi connectivity index (χ4v) is 4.89. The van der Waals surface area contributed by atoms with Crippen LogP contribution in [0, 0.1) is 19.8 Å². The number of Topliss-reactive ketones (excluding diaryl/α,β-unsaturated/α-hetero) is 1. The highest BCUT2D eigenvalue weighted by Gasteiger charge is 2.32. The molecule has 0 unspecified atom stereocenters. The van der Waals surface area contributed by atoms with Gasteiger partial charge in [-0.15, -0.1) is 0 Å². The van der Waals surface area contributed by atoms with Gasteiger partial charge in [-0.05, 0) is 51.0 Å². The molecule has 180 valence electrons. The van der Waals surface area contributed by atoms with Crippen LogP contribution in [-0.2, 0) is 25.7 Å². The number of ketones is 1. The Morgan fingerprint density at radius 1 is 1.12 bits per heavy atom. The highest BCUT2D eigenvalue weighted by molar-refractivity contribution is 7.88. The number of carbonyl (C=O) groups is 2. The first kappa shape index (κ1) is 25.0. The third-order valence-corrected chi connectivity index (χ3v) is 7.07. The number of hydrogen-bond acceptors (Lipinski definition) is 5. The number of rotatable bonds is 6. The summed E-state index contributed by atoms with van der Waals surface area (Å²) in [6.07, 6.45) is -2.76. The van der Waals surface area contributed by atoms with Crippen LogP contribution in [0.5, 0.6) is 0 Å². The first-order valence-electron chi connectivity index (χ1n) is 10.3. The van der Waals surface area contributed by atoms with E-state index in [1.807, 2.05) is 0 Å². The van der Waals surface area contributed by atoms with E-state index >= 15 is 0 Å². The monoisotopic (exact) mass is 486 g/mol. The third kappa shape index (κ3) is 5.64. The van der Waals surface area contributed by atoms with Gasteiger partial charge in [-0.3, -0.25) is 9.59 Å². The summed E-state index contributed by atoms with van der Waals surface area (Å²) in [6, 6.07) is 6.36. The van der Waals surface area contributed by atoms with E-state index in [1.165, 1.54) is 16.4 Å². The predicted octanol–water partition coefficient (Wildman–Crippen LogP) is 3.51. The average molecular weight is 487 g/mol. The average Bonchev–Trinajstić information content (AvgIpc) is 3.04. The zero-order valence-corrected chi connectivity index (χ0v) is 19.3. The SMILES string of the molecule is Cc1cc(C(=O)COC(=O)C2CCN(S(C)(=O)=O)CC2)c(C)n1-c1cccc(C(F)(F)F)c1. The lowest BCUT2D eigenvalue weighted by molar-refractivity contribution is -0.148. The molecule has 0 aliphatic carbocycles. The van der Waals surface area contributed by atoms with Crippen molar-refractivity contribution in [3.63, 3.8) is 0 Å². The highest BCUT2D eigenvalue weighted by Crippen LogP contribution is 2.31. The predicted molar refractivity (Wildman–Crippen MR) is 115 cm³/mol. The number of ether oxygens (including phenoxy) is 1. The van der Waals surface area contributed by atoms with Gasteiger partial charge in [0.15, 0.2) is 6.61 Å². The third-order valence-electron chi connectivity index (χ3n) is 5.77. The molecule has 1 aromatic carbocycles. The molecule has 0 radical (unpaired) electrons. The van der Waals surface area contributed by atoms with Crippen LogP contribution in [0.3, 0.4) is 0 Å². The van der Waals surface area contributed by atoms with Crippen molar-refractivity contribution in [2.24, 2.45) is 5.92 Å². The Morgan fingerprint density at radius 2 is 1.76 bits per heavy atom. The van der Waals surface area contributed by atoms with Gasteiger partial charge in [0.05, 0.1) is 17.7 Å². The minimum atomic E-state index is -4.49. The molecule has 0 bridgehead atoms. The Hall–Kier alpha value is -2.66. The van der Waals surface area contributed by atoms with Crippen LogP contribution in [0.1, 0.15) is 40.2 Å². The summed E-state index contributed by atoms with van der Waals surface area (Å²) >= 11 is 0. The van der Waals surface area contributed by atoms with Crippen molar-refractivity contribution in [1.82, 2.24) is 8.87 Å². The number of aryl methyl sites for hydroxylation is 1. The first-order valence-corrected chi connectivity index (χ1v) is 12.2. The van der Waals surface area contributed by atoms with E-state index in [1.54, 1.807) is 24.5 Å². The van der Waals surface area contributed by atoms with Crippen molar-refractivity contribution >= 4 is 21.8 Å². The second-order valence-corrected chi connectivity index (χ2v) is 10.1. The van der Waals surface area contributed by atoms with Gasteiger partial charge in [0.2, 0.25) is 15.8 Å². The van der Waals surface area contributed by atoms with Crippen molar-refractivity contribution in [1.29, 1.82) is 0 Å². The Morgan fingerprint density at radius 3 is 2.33 bits per heavy atom. The zero-order chi connectivity index (χ0) is 24.6. The molecule has 1 aliphatic rings. The van der Waals surface area contributed by atoms with E-state index in [4.69, 9.17) is 4.74 Å². The van der Waals surface area contributed by atoms with Gasteiger partial charge in [-0.1, -0.05) is 6.07 Å². The number of aromatic nitrogens is 1. The van der Waals surface area contributed by atoms with E-state index in [9.17, 15) is 31.2 Å². The molecule has 3 rings (SSSR count). The van der Waals surface area contributed by atoms with Crippen LogP contribution in [0.15, 0.2) is 30.3 Å². The molecular formula is C22H25F3N2O5S. The smallest absolute Gasteiger partial charge is 0.416 e. The first-order chi connectivity index (χ1) is 15.3. The van der Waals surface area contributed by atoms with E-state index < -0.39 is 46.0 Å². The molecule has 2 heterocycles. The fraction of sp³-hybridized carbons (Fsp3) is 0.455. The molecule has 1 saturated heterocycles. The lowest BCUT2D eigenvalue weighted by atomic mass is 9.98. The molecular weight excluding hydrogens is 461 g/mol. The Labute approximate surface area is 190 Å². The maximum Gasteiger partial charge on any atom is 0.416 e. The summed E-state index contributed by atoms with van der Waals surface area (Å²) in [5, 5.41) is 0.